The molecule has 1 unspecified atom stereocenters. The van der Waals surface area contributed by atoms with E-state index in [0.29, 0.717) is 0 Å². The van der Waals surface area contributed by atoms with Gasteiger partial charge >= 0.3 is 0 Å². The van der Waals surface area contributed by atoms with Crippen LogP contribution in [0.5, 0.6) is 0 Å². The molecular formula is C13H21N5. The first-order chi connectivity index (χ1) is 8.85. The van der Waals surface area contributed by atoms with Gasteiger partial charge in [-0.1, -0.05) is 6.07 Å². The Morgan fingerprint density at radius 3 is 3.17 bits per heavy atom. The van der Waals surface area contributed by atoms with Gasteiger partial charge in [0.1, 0.15) is 5.82 Å². The number of hydrogen-bond donors (Lipinski definition) is 2. The van der Waals surface area contributed by atoms with Gasteiger partial charge in [-0.2, -0.15) is 0 Å². The van der Waals surface area contributed by atoms with Crippen molar-refractivity contribution in [2.24, 2.45) is 5.84 Å². The molecule has 3 N–H and O–H groups in total. The van der Waals surface area contributed by atoms with Crippen molar-refractivity contribution in [3.05, 3.63) is 23.9 Å². The summed E-state index contributed by atoms with van der Waals surface area (Å²) in [6.45, 7) is 5.77. The van der Waals surface area contributed by atoms with Crippen LogP contribution in [0.3, 0.4) is 0 Å². The van der Waals surface area contributed by atoms with Crippen molar-refractivity contribution in [1.29, 1.82) is 0 Å². The summed E-state index contributed by atoms with van der Waals surface area (Å²) in [5, 5.41) is 0. The summed E-state index contributed by atoms with van der Waals surface area (Å²) >= 11 is 0. The number of pyridine rings is 1. The zero-order chi connectivity index (χ0) is 12.4. The number of aromatic nitrogens is 1. The van der Waals surface area contributed by atoms with Crippen molar-refractivity contribution < 1.29 is 0 Å². The second-order valence-corrected chi connectivity index (χ2v) is 5.23. The highest BCUT2D eigenvalue weighted by Crippen LogP contribution is 2.22. The number of nitrogens with one attached hydrogen (secondary N) is 1. The van der Waals surface area contributed by atoms with Gasteiger partial charge in [0.2, 0.25) is 0 Å². The molecule has 2 aliphatic rings. The molecule has 0 spiro atoms. The molecule has 1 atom stereocenters. The van der Waals surface area contributed by atoms with E-state index >= 15 is 0 Å². The van der Waals surface area contributed by atoms with Gasteiger partial charge in [-0.25, -0.2) is 10.8 Å². The van der Waals surface area contributed by atoms with E-state index in [-0.39, 0.29) is 0 Å². The van der Waals surface area contributed by atoms with Crippen molar-refractivity contribution in [3.8, 4) is 0 Å². The van der Waals surface area contributed by atoms with Crippen LogP contribution in [0.25, 0.3) is 0 Å². The highest BCUT2D eigenvalue weighted by Gasteiger charge is 2.30. The van der Waals surface area contributed by atoms with Crippen LogP contribution in [0.4, 0.5) is 5.82 Å². The number of hydrogen-bond acceptors (Lipinski definition) is 5. The summed E-state index contributed by atoms with van der Waals surface area (Å²) < 4.78 is 0. The third-order valence-corrected chi connectivity index (χ3v) is 4.01. The van der Waals surface area contributed by atoms with Gasteiger partial charge in [0.15, 0.2) is 0 Å². The molecule has 98 valence electrons. The fraction of sp³-hybridized carbons (Fsp3) is 0.615. The molecule has 0 amide bonds. The van der Waals surface area contributed by atoms with E-state index in [9.17, 15) is 0 Å². The molecule has 2 aliphatic heterocycles. The molecule has 5 heteroatoms. The van der Waals surface area contributed by atoms with E-state index in [4.69, 9.17) is 5.84 Å². The summed E-state index contributed by atoms with van der Waals surface area (Å²) in [4.78, 5) is 9.62. The zero-order valence-corrected chi connectivity index (χ0v) is 10.7. The molecule has 3 heterocycles. The Morgan fingerprint density at radius 2 is 2.28 bits per heavy atom. The summed E-state index contributed by atoms with van der Waals surface area (Å²) in [7, 11) is 0. The van der Waals surface area contributed by atoms with Gasteiger partial charge in [-0.15, -0.1) is 0 Å². The number of anilines is 1. The van der Waals surface area contributed by atoms with Crippen molar-refractivity contribution >= 4 is 5.82 Å². The summed E-state index contributed by atoms with van der Waals surface area (Å²) in [6.07, 6.45) is 2.72. The van der Waals surface area contributed by atoms with E-state index < -0.39 is 0 Å². The van der Waals surface area contributed by atoms with Crippen LogP contribution in [0.2, 0.25) is 0 Å². The third-order valence-electron chi connectivity index (χ3n) is 4.01. The molecule has 18 heavy (non-hydrogen) atoms. The standard InChI is InChI=1S/C13H21N5/c14-16-13-5-1-3-11(15-13)9-17-7-8-18-6-2-4-12(18)10-17/h1,3,5,12H,2,4,6-10,14H2,(H,15,16). The second kappa shape index (κ2) is 5.22. The second-order valence-electron chi connectivity index (χ2n) is 5.23. The first-order valence-corrected chi connectivity index (χ1v) is 6.74. The van der Waals surface area contributed by atoms with Gasteiger partial charge in [-0.3, -0.25) is 9.80 Å². The third kappa shape index (κ3) is 2.48. The normalized spacial score (nSPS) is 25.1. The van der Waals surface area contributed by atoms with E-state index in [1.807, 2.05) is 12.1 Å². The molecule has 2 saturated heterocycles. The van der Waals surface area contributed by atoms with Crippen LogP contribution in [-0.2, 0) is 6.54 Å². The Hall–Kier alpha value is -1.17. The van der Waals surface area contributed by atoms with Gasteiger partial charge in [-0.05, 0) is 31.5 Å². The first kappa shape index (κ1) is 11.9. The molecule has 3 rings (SSSR count). The number of piperazine rings is 1. The van der Waals surface area contributed by atoms with E-state index in [1.165, 1.54) is 32.5 Å². The lowest BCUT2D eigenvalue weighted by Gasteiger charge is -2.37. The van der Waals surface area contributed by atoms with Crippen molar-refractivity contribution in [1.82, 2.24) is 14.8 Å². The highest BCUT2D eigenvalue weighted by atomic mass is 15.3. The number of hydrazine groups is 1. The number of fused-ring (bicyclic) bond motifs is 1. The van der Waals surface area contributed by atoms with Crippen molar-refractivity contribution in [2.45, 2.75) is 25.4 Å². The molecule has 5 nitrogen and oxygen atoms in total. The molecule has 2 fully saturated rings. The number of rotatable bonds is 3. The molecule has 0 saturated carbocycles. The van der Waals surface area contributed by atoms with E-state index in [1.54, 1.807) is 0 Å². The van der Waals surface area contributed by atoms with E-state index in [2.05, 4.69) is 26.3 Å². The molecule has 0 aliphatic carbocycles. The average molecular weight is 247 g/mol. The lowest BCUT2D eigenvalue weighted by Crippen LogP contribution is -2.49. The zero-order valence-electron chi connectivity index (χ0n) is 10.7. The quantitative estimate of drug-likeness (QED) is 0.606. The lowest BCUT2D eigenvalue weighted by atomic mass is 10.1. The number of nitrogens with zero attached hydrogens (tertiary/aromatic N) is 3. The smallest absolute Gasteiger partial charge is 0.140 e. The maximum absolute atomic E-state index is 5.39. The molecule has 0 aromatic carbocycles. The fourth-order valence-corrected chi connectivity index (χ4v) is 3.08. The number of nitrogen functional groups attached to an aromatic ring is 1. The highest BCUT2D eigenvalue weighted by molar-refractivity contribution is 5.33. The summed E-state index contributed by atoms with van der Waals surface area (Å²) in [5.41, 5.74) is 3.70. The minimum atomic E-state index is 0.743. The Kier molecular flexibility index (Phi) is 3.45. The largest absolute Gasteiger partial charge is 0.308 e. The van der Waals surface area contributed by atoms with Crippen LogP contribution >= 0.6 is 0 Å². The Morgan fingerprint density at radius 1 is 1.33 bits per heavy atom. The predicted octanol–water partition coefficient (Wildman–Crippen LogP) is 0.647. The Bertz CT molecular complexity index is 408. The average Bonchev–Trinajstić information content (AvgIpc) is 2.86. The van der Waals surface area contributed by atoms with Gasteiger partial charge < -0.3 is 5.43 Å². The summed E-state index contributed by atoms with van der Waals surface area (Å²) in [5.74, 6) is 6.13. The predicted molar refractivity (Wildman–Crippen MR) is 71.9 cm³/mol. The van der Waals surface area contributed by atoms with Crippen LogP contribution in [-0.4, -0.2) is 47.0 Å². The van der Waals surface area contributed by atoms with Crippen molar-refractivity contribution in [3.63, 3.8) is 0 Å². The minimum Gasteiger partial charge on any atom is -0.308 e. The molecule has 1 aromatic heterocycles. The van der Waals surface area contributed by atoms with Crippen LogP contribution in [0.15, 0.2) is 18.2 Å². The van der Waals surface area contributed by atoms with Crippen LogP contribution in [0, 0.1) is 0 Å². The van der Waals surface area contributed by atoms with Crippen LogP contribution in [0.1, 0.15) is 18.5 Å². The first-order valence-electron chi connectivity index (χ1n) is 6.74. The molecule has 1 aromatic rings. The lowest BCUT2D eigenvalue weighted by molar-refractivity contribution is 0.0985. The Labute approximate surface area is 108 Å². The monoisotopic (exact) mass is 247 g/mol. The minimum absolute atomic E-state index is 0.743. The molecular weight excluding hydrogens is 226 g/mol. The maximum Gasteiger partial charge on any atom is 0.140 e. The Balaban J connectivity index is 1.62. The van der Waals surface area contributed by atoms with Gasteiger partial charge in [0.25, 0.3) is 0 Å². The van der Waals surface area contributed by atoms with Crippen molar-refractivity contribution in [2.75, 3.05) is 31.6 Å². The topological polar surface area (TPSA) is 57.4 Å². The van der Waals surface area contributed by atoms with Crippen LogP contribution < -0.4 is 11.3 Å². The summed E-state index contributed by atoms with van der Waals surface area (Å²) in [6, 6.07) is 6.73. The number of nitrogens with two attached hydrogens (primary N) is 1. The SMILES string of the molecule is NNc1cccc(CN2CCN3CCCC3C2)n1. The van der Waals surface area contributed by atoms with Gasteiger partial charge in [0.05, 0.1) is 5.69 Å². The fourth-order valence-electron chi connectivity index (χ4n) is 3.08. The van der Waals surface area contributed by atoms with E-state index in [0.717, 1.165) is 30.6 Å². The maximum atomic E-state index is 5.39. The van der Waals surface area contributed by atoms with Gasteiger partial charge in [0, 0.05) is 32.2 Å². The molecule has 0 radical (unpaired) electrons. The molecule has 0 bridgehead atoms.